The minimum atomic E-state index is -0.232. The van der Waals surface area contributed by atoms with Gasteiger partial charge in [-0.1, -0.05) is 24.3 Å². The highest BCUT2D eigenvalue weighted by atomic mass is 35.5. The second-order valence-corrected chi connectivity index (χ2v) is 4.73. The molecular formula is C15H13ClFN3. The summed E-state index contributed by atoms with van der Waals surface area (Å²) in [4.78, 5) is 0. The molecule has 0 aliphatic rings. The van der Waals surface area contributed by atoms with Gasteiger partial charge in [0, 0.05) is 17.5 Å². The van der Waals surface area contributed by atoms with Gasteiger partial charge in [0.25, 0.3) is 0 Å². The fraction of sp³-hybridized carbons (Fsp3) is 0.200. The third-order valence-corrected chi connectivity index (χ3v) is 3.61. The Morgan fingerprint density at radius 2 is 1.85 bits per heavy atom. The van der Waals surface area contributed by atoms with Crippen LogP contribution in [0.1, 0.15) is 12.7 Å². The summed E-state index contributed by atoms with van der Waals surface area (Å²) < 4.78 is 15.8. The number of halogens is 2. The predicted molar refractivity (Wildman–Crippen MR) is 78.2 cm³/mol. The summed E-state index contributed by atoms with van der Waals surface area (Å²) >= 11 is 5.87. The van der Waals surface area contributed by atoms with E-state index in [0.717, 1.165) is 29.1 Å². The van der Waals surface area contributed by atoms with E-state index in [2.05, 4.69) is 10.2 Å². The lowest BCUT2D eigenvalue weighted by Gasteiger charge is -2.09. The van der Waals surface area contributed by atoms with Gasteiger partial charge in [0.2, 0.25) is 0 Å². The normalized spacial score (nSPS) is 11.2. The Balaban J connectivity index is 2.30. The van der Waals surface area contributed by atoms with Gasteiger partial charge in [-0.15, -0.1) is 21.8 Å². The average Bonchev–Trinajstić information content (AvgIpc) is 2.90. The average molecular weight is 290 g/mol. The van der Waals surface area contributed by atoms with Crippen LogP contribution in [0.5, 0.6) is 0 Å². The van der Waals surface area contributed by atoms with E-state index in [4.69, 9.17) is 11.6 Å². The Bertz CT molecular complexity index is 767. The van der Waals surface area contributed by atoms with Gasteiger partial charge in [-0.05, 0) is 24.4 Å². The smallest absolute Gasteiger partial charge is 0.164 e. The van der Waals surface area contributed by atoms with Gasteiger partial charge >= 0.3 is 0 Å². The third-order valence-electron chi connectivity index (χ3n) is 3.37. The summed E-state index contributed by atoms with van der Waals surface area (Å²) in [6, 6.07) is 10.6. The molecule has 0 amide bonds. The van der Waals surface area contributed by atoms with E-state index in [-0.39, 0.29) is 5.82 Å². The van der Waals surface area contributed by atoms with Crippen LogP contribution in [0.3, 0.4) is 0 Å². The summed E-state index contributed by atoms with van der Waals surface area (Å²) in [5, 5.41) is 9.73. The Kier molecular flexibility index (Phi) is 3.40. The molecule has 0 atom stereocenters. The lowest BCUT2D eigenvalue weighted by atomic mass is 10.0. The van der Waals surface area contributed by atoms with Crippen LogP contribution in [0, 0.1) is 5.82 Å². The molecule has 20 heavy (non-hydrogen) atoms. The SMILES string of the molecule is CCn1c(CCl)nnc1-c1ccc(F)c2ccccc12. The fourth-order valence-electron chi connectivity index (χ4n) is 2.42. The van der Waals surface area contributed by atoms with Crippen LogP contribution in [0.4, 0.5) is 4.39 Å². The summed E-state index contributed by atoms with van der Waals surface area (Å²) in [7, 11) is 0. The van der Waals surface area contributed by atoms with Gasteiger partial charge in [0.05, 0.1) is 5.88 Å². The highest BCUT2D eigenvalue weighted by molar-refractivity contribution is 6.16. The molecule has 0 bridgehead atoms. The number of benzene rings is 2. The van der Waals surface area contributed by atoms with E-state index in [1.807, 2.05) is 29.7 Å². The molecule has 2 aromatic carbocycles. The number of rotatable bonds is 3. The van der Waals surface area contributed by atoms with Crippen molar-refractivity contribution in [2.24, 2.45) is 0 Å². The molecule has 5 heteroatoms. The molecule has 0 N–H and O–H groups in total. The highest BCUT2D eigenvalue weighted by Crippen LogP contribution is 2.29. The minimum absolute atomic E-state index is 0.232. The monoisotopic (exact) mass is 289 g/mol. The summed E-state index contributed by atoms with van der Waals surface area (Å²) in [6.07, 6.45) is 0. The molecule has 0 unspecified atom stereocenters. The van der Waals surface area contributed by atoms with Gasteiger partial charge in [-0.3, -0.25) is 0 Å². The molecule has 0 fully saturated rings. The van der Waals surface area contributed by atoms with Gasteiger partial charge in [0.15, 0.2) is 5.82 Å². The number of hydrogen-bond acceptors (Lipinski definition) is 2. The highest BCUT2D eigenvalue weighted by Gasteiger charge is 2.15. The van der Waals surface area contributed by atoms with Crippen LogP contribution in [0.2, 0.25) is 0 Å². The van der Waals surface area contributed by atoms with Crippen LogP contribution in [0.25, 0.3) is 22.2 Å². The minimum Gasteiger partial charge on any atom is -0.310 e. The van der Waals surface area contributed by atoms with E-state index >= 15 is 0 Å². The Morgan fingerprint density at radius 3 is 2.55 bits per heavy atom. The van der Waals surface area contributed by atoms with E-state index in [9.17, 15) is 4.39 Å². The largest absolute Gasteiger partial charge is 0.310 e. The first kappa shape index (κ1) is 13.1. The lowest BCUT2D eigenvalue weighted by Crippen LogP contribution is -2.02. The Morgan fingerprint density at radius 1 is 1.10 bits per heavy atom. The van der Waals surface area contributed by atoms with Crippen molar-refractivity contribution in [2.45, 2.75) is 19.3 Å². The Hall–Kier alpha value is -1.94. The molecular weight excluding hydrogens is 277 g/mol. The van der Waals surface area contributed by atoms with Crippen molar-refractivity contribution in [3.8, 4) is 11.4 Å². The number of aromatic nitrogens is 3. The van der Waals surface area contributed by atoms with Crippen LogP contribution in [-0.4, -0.2) is 14.8 Å². The molecule has 0 spiro atoms. The Labute approximate surface area is 121 Å². The van der Waals surface area contributed by atoms with E-state index in [1.54, 1.807) is 12.1 Å². The zero-order valence-electron chi connectivity index (χ0n) is 11.0. The van der Waals surface area contributed by atoms with Gasteiger partial charge in [0.1, 0.15) is 11.6 Å². The third kappa shape index (κ3) is 1.96. The van der Waals surface area contributed by atoms with Crippen molar-refractivity contribution in [1.82, 2.24) is 14.8 Å². The van der Waals surface area contributed by atoms with Gasteiger partial charge in [-0.25, -0.2) is 4.39 Å². The molecule has 0 saturated heterocycles. The maximum absolute atomic E-state index is 13.9. The van der Waals surface area contributed by atoms with Gasteiger partial charge < -0.3 is 4.57 Å². The second kappa shape index (κ2) is 5.21. The van der Waals surface area contributed by atoms with Crippen molar-refractivity contribution in [2.75, 3.05) is 0 Å². The summed E-state index contributed by atoms with van der Waals surface area (Å²) in [5.41, 5.74) is 0.868. The first-order chi connectivity index (χ1) is 9.76. The molecule has 0 aliphatic heterocycles. The molecule has 1 heterocycles. The van der Waals surface area contributed by atoms with Crippen LogP contribution >= 0.6 is 11.6 Å². The molecule has 0 saturated carbocycles. The van der Waals surface area contributed by atoms with E-state index in [0.29, 0.717) is 11.3 Å². The number of nitrogens with zero attached hydrogens (tertiary/aromatic N) is 3. The number of alkyl halides is 1. The standard InChI is InChI=1S/C15H13ClFN3/c1-2-20-14(9-16)18-19-15(20)12-7-8-13(17)11-6-4-3-5-10(11)12/h3-8H,2,9H2,1H3. The molecule has 3 nitrogen and oxygen atoms in total. The first-order valence-electron chi connectivity index (χ1n) is 6.42. The molecule has 0 aliphatic carbocycles. The predicted octanol–water partition coefficient (Wildman–Crippen LogP) is 4.00. The lowest BCUT2D eigenvalue weighted by molar-refractivity contribution is 0.640. The zero-order valence-corrected chi connectivity index (χ0v) is 11.7. The van der Waals surface area contributed by atoms with Crippen LogP contribution in [-0.2, 0) is 12.4 Å². The van der Waals surface area contributed by atoms with Crippen molar-refractivity contribution in [3.63, 3.8) is 0 Å². The maximum Gasteiger partial charge on any atom is 0.164 e. The molecule has 1 aromatic heterocycles. The summed E-state index contributed by atoms with van der Waals surface area (Å²) in [5.74, 6) is 1.52. The number of hydrogen-bond donors (Lipinski definition) is 0. The quantitative estimate of drug-likeness (QED) is 0.682. The van der Waals surface area contributed by atoms with E-state index < -0.39 is 0 Å². The molecule has 0 radical (unpaired) electrons. The number of fused-ring (bicyclic) bond motifs is 1. The van der Waals surface area contributed by atoms with Crippen LogP contribution in [0.15, 0.2) is 36.4 Å². The topological polar surface area (TPSA) is 30.7 Å². The molecule has 3 rings (SSSR count). The molecule has 3 aromatic rings. The zero-order chi connectivity index (χ0) is 14.1. The van der Waals surface area contributed by atoms with Crippen molar-refractivity contribution < 1.29 is 4.39 Å². The van der Waals surface area contributed by atoms with E-state index in [1.165, 1.54) is 6.07 Å². The fourth-order valence-corrected chi connectivity index (χ4v) is 2.62. The van der Waals surface area contributed by atoms with Crippen LogP contribution < -0.4 is 0 Å². The second-order valence-electron chi connectivity index (χ2n) is 4.46. The van der Waals surface area contributed by atoms with Gasteiger partial charge in [-0.2, -0.15) is 0 Å². The first-order valence-corrected chi connectivity index (χ1v) is 6.95. The molecule has 102 valence electrons. The summed E-state index contributed by atoms with van der Waals surface area (Å²) in [6.45, 7) is 2.73. The maximum atomic E-state index is 13.9. The van der Waals surface area contributed by atoms with Crippen molar-refractivity contribution >= 4 is 22.4 Å². The van der Waals surface area contributed by atoms with Crippen molar-refractivity contribution in [1.29, 1.82) is 0 Å². The van der Waals surface area contributed by atoms with Crippen molar-refractivity contribution in [3.05, 3.63) is 48.0 Å².